The number of imidazole rings is 1. The highest BCUT2D eigenvalue weighted by atomic mass is 16.5. The molecule has 138 valence electrons. The smallest absolute Gasteiger partial charge is 0.409 e. The number of ketones is 1. The third-order valence-electron chi connectivity index (χ3n) is 4.71. The maximum Gasteiger partial charge on any atom is 0.409 e. The van der Waals surface area contributed by atoms with Crippen LogP contribution in [-0.2, 0) is 4.74 Å². The van der Waals surface area contributed by atoms with Crippen molar-refractivity contribution in [3.8, 4) is 17.1 Å². The molecule has 0 atom stereocenters. The summed E-state index contributed by atoms with van der Waals surface area (Å²) in [6.45, 7) is 1.30. The molecule has 0 spiro atoms. The average molecular weight is 365 g/mol. The standard InChI is InChI=1S/C20H19N3O4/c21-20(25)27-15-5-6-16-17(11-15)23-19(22-16)14-3-1-12(2-4-14)18(24)13-7-9-26-10-8-13/h1-6,11,13H,7-10H2,(H2,21,25)(H,22,23). The normalized spacial score (nSPS) is 15.0. The van der Waals surface area contributed by atoms with E-state index in [1.54, 1.807) is 18.2 Å². The molecule has 0 aliphatic carbocycles. The summed E-state index contributed by atoms with van der Waals surface area (Å²) in [5.41, 5.74) is 8.08. The molecular formula is C20H19N3O4. The number of aromatic nitrogens is 2. The van der Waals surface area contributed by atoms with Crippen LogP contribution in [0.4, 0.5) is 4.79 Å². The van der Waals surface area contributed by atoms with Crippen LogP contribution >= 0.6 is 0 Å². The first-order chi connectivity index (χ1) is 13.1. The fourth-order valence-electron chi connectivity index (χ4n) is 3.29. The van der Waals surface area contributed by atoms with E-state index in [9.17, 15) is 9.59 Å². The number of fused-ring (bicyclic) bond motifs is 1. The van der Waals surface area contributed by atoms with Crippen molar-refractivity contribution in [2.75, 3.05) is 13.2 Å². The molecule has 1 aromatic heterocycles. The highest BCUT2D eigenvalue weighted by molar-refractivity contribution is 5.98. The molecule has 27 heavy (non-hydrogen) atoms. The van der Waals surface area contributed by atoms with E-state index in [1.807, 2.05) is 24.3 Å². The van der Waals surface area contributed by atoms with Crippen LogP contribution in [0.2, 0.25) is 0 Å². The lowest BCUT2D eigenvalue weighted by Gasteiger charge is -2.20. The van der Waals surface area contributed by atoms with Crippen molar-refractivity contribution in [1.29, 1.82) is 0 Å². The summed E-state index contributed by atoms with van der Waals surface area (Å²) in [6.07, 6.45) is 0.693. The Kier molecular flexibility index (Phi) is 4.60. The molecule has 1 aliphatic rings. The Bertz CT molecular complexity index is 988. The number of amides is 1. The lowest BCUT2D eigenvalue weighted by Crippen LogP contribution is -2.23. The molecule has 0 unspecified atom stereocenters. The van der Waals surface area contributed by atoms with E-state index < -0.39 is 6.09 Å². The van der Waals surface area contributed by atoms with Gasteiger partial charge in [0.15, 0.2) is 5.78 Å². The molecule has 0 bridgehead atoms. The summed E-state index contributed by atoms with van der Waals surface area (Å²) in [7, 11) is 0. The third kappa shape index (κ3) is 3.68. The molecule has 2 aromatic carbocycles. The van der Waals surface area contributed by atoms with E-state index in [2.05, 4.69) is 9.97 Å². The molecule has 1 amide bonds. The lowest BCUT2D eigenvalue weighted by atomic mass is 9.90. The molecule has 0 saturated carbocycles. The largest absolute Gasteiger partial charge is 0.410 e. The number of nitrogens with one attached hydrogen (secondary N) is 1. The third-order valence-corrected chi connectivity index (χ3v) is 4.71. The van der Waals surface area contributed by atoms with Gasteiger partial charge in [0, 0.05) is 36.3 Å². The number of Topliss-reactive ketones (excluding diaryl/α,β-unsaturated/α-hetero) is 1. The Morgan fingerprint density at radius 2 is 1.85 bits per heavy atom. The van der Waals surface area contributed by atoms with Crippen LogP contribution in [0.3, 0.4) is 0 Å². The van der Waals surface area contributed by atoms with E-state index in [4.69, 9.17) is 15.2 Å². The number of hydrogen-bond acceptors (Lipinski definition) is 5. The molecule has 2 heterocycles. The molecule has 7 heteroatoms. The van der Waals surface area contributed by atoms with Crippen LogP contribution in [0, 0.1) is 5.92 Å². The van der Waals surface area contributed by atoms with E-state index in [1.165, 1.54) is 0 Å². The number of carbonyl (C=O) groups is 2. The lowest BCUT2D eigenvalue weighted by molar-refractivity contribution is 0.0545. The van der Waals surface area contributed by atoms with Gasteiger partial charge in [-0.15, -0.1) is 0 Å². The SMILES string of the molecule is NC(=O)Oc1ccc2nc(-c3ccc(C(=O)C4CCOCC4)cc3)[nH]c2c1. The Morgan fingerprint density at radius 1 is 1.11 bits per heavy atom. The Morgan fingerprint density at radius 3 is 2.56 bits per heavy atom. The summed E-state index contributed by atoms with van der Waals surface area (Å²) in [5.74, 6) is 1.23. The summed E-state index contributed by atoms with van der Waals surface area (Å²) < 4.78 is 10.2. The fraction of sp³-hybridized carbons (Fsp3) is 0.250. The van der Waals surface area contributed by atoms with Gasteiger partial charge in [-0.05, 0) is 25.0 Å². The van der Waals surface area contributed by atoms with Crippen molar-refractivity contribution in [3.63, 3.8) is 0 Å². The van der Waals surface area contributed by atoms with Gasteiger partial charge >= 0.3 is 6.09 Å². The molecule has 1 aliphatic heterocycles. The number of H-pyrrole nitrogens is 1. The Hall–Kier alpha value is -3.19. The first-order valence-electron chi connectivity index (χ1n) is 8.79. The van der Waals surface area contributed by atoms with Gasteiger partial charge in [-0.1, -0.05) is 24.3 Å². The zero-order chi connectivity index (χ0) is 18.8. The van der Waals surface area contributed by atoms with Gasteiger partial charge in [-0.3, -0.25) is 4.79 Å². The van der Waals surface area contributed by atoms with E-state index in [0.29, 0.717) is 30.4 Å². The number of nitrogens with two attached hydrogens (primary N) is 1. The number of carbonyl (C=O) groups excluding carboxylic acids is 2. The minimum absolute atomic E-state index is 0.0412. The van der Waals surface area contributed by atoms with Crippen LogP contribution in [0.5, 0.6) is 5.75 Å². The quantitative estimate of drug-likeness (QED) is 0.690. The number of primary amides is 1. The summed E-state index contributed by atoms with van der Waals surface area (Å²) >= 11 is 0. The van der Waals surface area contributed by atoms with Crippen LogP contribution in [0.15, 0.2) is 42.5 Å². The number of nitrogens with zero attached hydrogens (tertiary/aromatic N) is 1. The number of benzene rings is 2. The maximum absolute atomic E-state index is 12.6. The van der Waals surface area contributed by atoms with Gasteiger partial charge in [0.05, 0.1) is 11.0 Å². The second-order valence-electron chi connectivity index (χ2n) is 6.51. The second kappa shape index (κ2) is 7.20. The number of rotatable bonds is 4. The monoisotopic (exact) mass is 365 g/mol. The Balaban J connectivity index is 1.56. The summed E-state index contributed by atoms with van der Waals surface area (Å²) in [6, 6.07) is 12.5. The summed E-state index contributed by atoms with van der Waals surface area (Å²) in [4.78, 5) is 31.2. The highest BCUT2D eigenvalue weighted by Crippen LogP contribution is 2.25. The average Bonchev–Trinajstić information content (AvgIpc) is 3.11. The van der Waals surface area contributed by atoms with Crippen molar-refractivity contribution in [2.24, 2.45) is 11.7 Å². The minimum Gasteiger partial charge on any atom is -0.410 e. The van der Waals surface area contributed by atoms with Gasteiger partial charge in [-0.2, -0.15) is 0 Å². The first-order valence-corrected chi connectivity index (χ1v) is 8.79. The van der Waals surface area contributed by atoms with Crippen molar-refractivity contribution < 1.29 is 19.1 Å². The van der Waals surface area contributed by atoms with Gasteiger partial charge in [0.1, 0.15) is 11.6 Å². The van der Waals surface area contributed by atoms with E-state index in [0.717, 1.165) is 29.4 Å². The van der Waals surface area contributed by atoms with Gasteiger partial charge in [0.2, 0.25) is 0 Å². The fourth-order valence-corrected chi connectivity index (χ4v) is 3.29. The molecule has 3 N–H and O–H groups in total. The molecule has 3 aromatic rings. The minimum atomic E-state index is -0.862. The second-order valence-corrected chi connectivity index (χ2v) is 6.51. The van der Waals surface area contributed by atoms with Gasteiger partial charge in [-0.25, -0.2) is 9.78 Å². The predicted octanol–water partition coefficient (Wildman–Crippen LogP) is 3.30. The zero-order valence-corrected chi connectivity index (χ0v) is 14.6. The van der Waals surface area contributed by atoms with Crippen molar-refractivity contribution >= 4 is 22.9 Å². The van der Waals surface area contributed by atoms with Crippen LogP contribution < -0.4 is 10.5 Å². The predicted molar refractivity (Wildman–Crippen MR) is 99.6 cm³/mol. The number of ether oxygens (including phenoxy) is 2. The van der Waals surface area contributed by atoms with Gasteiger partial charge < -0.3 is 20.2 Å². The van der Waals surface area contributed by atoms with Crippen molar-refractivity contribution in [1.82, 2.24) is 9.97 Å². The molecule has 0 radical (unpaired) electrons. The van der Waals surface area contributed by atoms with Crippen molar-refractivity contribution in [3.05, 3.63) is 48.0 Å². The van der Waals surface area contributed by atoms with Crippen LogP contribution in [-0.4, -0.2) is 35.1 Å². The highest BCUT2D eigenvalue weighted by Gasteiger charge is 2.22. The molecule has 1 saturated heterocycles. The molecule has 4 rings (SSSR count). The zero-order valence-electron chi connectivity index (χ0n) is 14.6. The molecule has 1 fully saturated rings. The maximum atomic E-state index is 12.6. The van der Waals surface area contributed by atoms with E-state index >= 15 is 0 Å². The van der Waals surface area contributed by atoms with Crippen LogP contribution in [0.1, 0.15) is 23.2 Å². The van der Waals surface area contributed by atoms with Gasteiger partial charge in [0.25, 0.3) is 0 Å². The number of aromatic amines is 1. The van der Waals surface area contributed by atoms with E-state index in [-0.39, 0.29) is 11.7 Å². The number of hydrogen-bond donors (Lipinski definition) is 2. The molecule has 7 nitrogen and oxygen atoms in total. The molecular weight excluding hydrogens is 346 g/mol. The Labute approximate surface area is 155 Å². The first kappa shape index (κ1) is 17.2. The summed E-state index contributed by atoms with van der Waals surface area (Å²) in [5, 5.41) is 0. The van der Waals surface area contributed by atoms with Crippen LogP contribution in [0.25, 0.3) is 22.4 Å². The topological polar surface area (TPSA) is 107 Å². The van der Waals surface area contributed by atoms with Crippen molar-refractivity contribution in [2.45, 2.75) is 12.8 Å².